The normalized spacial score (nSPS) is 16.9. The van der Waals surface area contributed by atoms with Crippen LogP contribution in [-0.2, 0) is 16.0 Å². The minimum absolute atomic E-state index is 0. The highest BCUT2D eigenvalue weighted by atomic mass is 35.5. The molecule has 0 spiro atoms. The fourth-order valence-corrected chi connectivity index (χ4v) is 2.59. The van der Waals surface area contributed by atoms with E-state index in [-0.39, 0.29) is 31.3 Å². The summed E-state index contributed by atoms with van der Waals surface area (Å²) in [6.07, 6.45) is 0.637. The van der Waals surface area contributed by atoms with Crippen molar-refractivity contribution in [1.82, 2.24) is 10.1 Å². The Bertz CT molecular complexity index is 686. The number of benzene rings is 1. The summed E-state index contributed by atoms with van der Waals surface area (Å²) in [5.41, 5.74) is 1.46. The summed E-state index contributed by atoms with van der Waals surface area (Å²) in [4.78, 5) is 24.7. The molecule has 7 heteroatoms. The van der Waals surface area contributed by atoms with Crippen LogP contribution in [-0.4, -0.2) is 40.1 Å². The van der Waals surface area contributed by atoms with Crippen molar-refractivity contribution in [3.63, 3.8) is 0 Å². The number of aromatic nitrogens is 1. The van der Waals surface area contributed by atoms with Crippen molar-refractivity contribution in [3.05, 3.63) is 42.1 Å². The van der Waals surface area contributed by atoms with Crippen molar-refractivity contribution in [2.75, 3.05) is 13.1 Å². The average Bonchev–Trinajstić information content (AvgIpc) is 3.17. The second-order valence-corrected chi connectivity index (χ2v) is 5.39. The molecule has 0 radical (unpaired) electrons. The van der Waals surface area contributed by atoms with Crippen LogP contribution in [0.4, 0.5) is 0 Å². The molecule has 0 saturated carbocycles. The zero-order valence-electron chi connectivity index (χ0n) is 12.3. The highest BCUT2D eigenvalue weighted by Crippen LogP contribution is 2.21. The first-order valence-electron chi connectivity index (χ1n) is 7.15. The number of carbonyl (C=O) groups excluding carboxylic acids is 1. The monoisotopic (exact) mass is 336 g/mol. The van der Waals surface area contributed by atoms with Gasteiger partial charge in [-0.15, -0.1) is 12.4 Å². The van der Waals surface area contributed by atoms with Gasteiger partial charge in [-0.3, -0.25) is 9.59 Å². The Hall–Kier alpha value is -2.34. The molecule has 122 valence electrons. The molecule has 1 aliphatic heterocycles. The van der Waals surface area contributed by atoms with Gasteiger partial charge in [0.25, 0.3) is 0 Å². The topological polar surface area (TPSA) is 83.6 Å². The zero-order chi connectivity index (χ0) is 15.5. The number of carbonyl (C=O) groups is 2. The summed E-state index contributed by atoms with van der Waals surface area (Å²) in [6.45, 7) is 0.761. The molecule has 1 aromatic carbocycles. The van der Waals surface area contributed by atoms with E-state index in [1.165, 1.54) is 0 Å². The second kappa shape index (κ2) is 7.28. The summed E-state index contributed by atoms with van der Waals surface area (Å²) in [6, 6.07) is 11.3. The van der Waals surface area contributed by atoms with E-state index in [1.807, 2.05) is 30.3 Å². The van der Waals surface area contributed by atoms with Gasteiger partial charge in [-0.2, -0.15) is 0 Å². The van der Waals surface area contributed by atoms with Crippen LogP contribution < -0.4 is 0 Å². The minimum atomic E-state index is -0.844. The molecule has 3 rings (SSSR count). The Morgan fingerprint density at radius 3 is 2.70 bits per heavy atom. The first kappa shape index (κ1) is 17.0. The predicted octanol–water partition coefficient (Wildman–Crippen LogP) is 2.24. The Kier molecular flexibility index (Phi) is 5.39. The number of rotatable bonds is 4. The Labute approximate surface area is 139 Å². The summed E-state index contributed by atoms with van der Waals surface area (Å²) in [5, 5.41) is 12.9. The lowest BCUT2D eigenvalue weighted by molar-refractivity contribution is -0.141. The third kappa shape index (κ3) is 3.90. The van der Waals surface area contributed by atoms with Gasteiger partial charge < -0.3 is 14.5 Å². The fraction of sp³-hybridized carbons (Fsp3) is 0.312. The van der Waals surface area contributed by atoms with Crippen molar-refractivity contribution in [3.8, 4) is 11.3 Å². The van der Waals surface area contributed by atoms with Crippen molar-refractivity contribution in [2.45, 2.75) is 12.8 Å². The molecule has 0 aliphatic carbocycles. The number of likely N-dealkylation sites (tertiary alicyclic amines) is 1. The summed E-state index contributed by atoms with van der Waals surface area (Å²) in [5.74, 6) is -0.797. The van der Waals surface area contributed by atoms with Crippen LogP contribution in [0.1, 0.15) is 12.1 Å². The Morgan fingerprint density at radius 1 is 1.30 bits per heavy atom. The van der Waals surface area contributed by atoms with Gasteiger partial charge in [-0.05, 0) is 6.42 Å². The maximum atomic E-state index is 12.2. The molecule has 1 aliphatic rings. The molecule has 6 nitrogen and oxygen atoms in total. The van der Waals surface area contributed by atoms with Crippen LogP contribution in [0.15, 0.2) is 40.9 Å². The van der Waals surface area contributed by atoms with E-state index < -0.39 is 11.9 Å². The molecule has 1 amide bonds. The molecule has 1 saturated heterocycles. The Balaban J connectivity index is 0.00000192. The van der Waals surface area contributed by atoms with Gasteiger partial charge >= 0.3 is 5.97 Å². The second-order valence-electron chi connectivity index (χ2n) is 5.39. The highest BCUT2D eigenvalue weighted by Gasteiger charge is 2.31. The maximum absolute atomic E-state index is 12.2. The molecule has 1 fully saturated rings. The first-order chi connectivity index (χ1) is 10.6. The van der Waals surface area contributed by atoms with Gasteiger partial charge in [0, 0.05) is 24.7 Å². The maximum Gasteiger partial charge on any atom is 0.308 e. The molecule has 1 atom stereocenters. The van der Waals surface area contributed by atoms with Crippen LogP contribution in [0, 0.1) is 5.92 Å². The minimum Gasteiger partial charge on any atom is -0.481 e. The van der Waals surface area contributed by atoms with E-state index in [2.05, 4.69) is 5.16 Å². The summed E-state index contributed by atoms with van der Waals surface area (Å²) < 4.78 is 5.26. The number of hydrogen-bond acceptors (Lipinski definition) is 4. The van der Waals surface area contributed by atoms with E-state index in [4.69, 9.17) is 9.63 Å². The molecule has 23 heavy (non-hydrogen) atoms. The third-order valence-electron chi connectivity index (χ3n) is 3.84. The molecule has 1 N–H and O–H groups in total. The molecular formula is C16H17ClN2O4. The number of amides is 1. The van der Waals surface area contributed by atoms with Gasteiger partial charge in [-0.1, -0.05) is 35.5 Å². The first-order valence-corrected chi connectivity index (χ1v) is 7.15. The highest BCUT2D eigenvalue weighted by molar-refractivity contribution is 5.85. The number of carboxylic acids is 1. The lowest BCUT2D eigenvalue weighted by Gasteiger charge is -2.14. The summed E-state index contributed by atoms with van der Waals surface area (Å²) >= 11 is 0. The number of halogens is 1. The molecule has 1 aromatic heterocycles. The van der Waals surface area contributed by atoms with Crippen molar-refractivity contribution >= 4 is 24.3 Å². The van der Waals surface area contributed by atoms with Crippen molar-refractivity contribution in [2.24, 2.45) is 5.92 Å². The van der Waals surface area contributed by atoms with Gasteiger partial charge in [0.1, 0.15) is 0 Å². The molecule has 1 unspecified atom stereocenters. The van der Waals surface area contributed by atoms with Gasteiger partial charge in [0.15, 0.2) is 5.76 Å². The van der Waals surface area contributed by atoms with E-state index in [0.29, 0.717) is 24.4 Å². The lowest BCUT2D eigenvalue weighted by Crippen LogP contribution is -2.31. The largest absolute Gasteiger partial charge is 0.481 e. The van der Waals surface area contributed by atoms with Crippen LogP contribution >= 0.6 is 12.4 Å². The van der Waals surface area contributed by atoms with Crippen molar-refractivity contribution < 1.29 is 19.2 Å². The lowest BCUT2D eigenvalue weighted by atomic mass is 10.1. The SMILES string of the molecule is Cl.O=C(O)C1CCN(C(=O)Cc2cc(-c3ccccc3)on2)C1. The van der Waals surface area contributed by atoms with Gasteiger partial charge in [0.05, 0.1) is 18.0 Å². The standard InChI is InChI=1S/C16H16N2O4.ClH/c19-15(18-7-6-12(10-18)16(20)21)9-13-8-14(22-17-13)11-4-2-1-3-5-11;/h1-5,8,12H,6-7,9-10H2,(H,20,21);1H. The van der Waals surface area contributed by atoms with Gasteiger partial charge in [0.2, 0.25) is 5.91 Å². The van der Waals surface area contributed by atoms with Crippen LogP contribution in [0.25, 0.3) is 11.3 Å². The molecule has 2 heterocycles. The summed E-state index contributed by atoms with van der Waals surface area (Å²) in [7, 11) is 0. The van der Waals surface area contributed by atoms with Crippen LogP contribution in [0.2, 0.25) is 0 Å². The average molecular weight is 337 g/mol. The van der Waals surface area contributed by atoms with E-state index in [9.17, 15) is 9.59 Å². The predicted molar refractivity (Wildman–Crippen MR) is 85.2 cm³/mol. The quantitative estimate of drug-likeness (QED) is 0.925. The van der Waals surface area contributed by atoms with Crippen LogP contribution in [0.3, 0.4) is 0 Å². The Morgan fingerprint density at radius 2 is 2.04 bits per heavy atom. The third-order valence-corrected chi connectivity index (χ3v) is 3.84. The van der Waals surface area contributed by atoms with E-state index in [1.54, 1.807) is 11.0 Å². The number of hydrogen-bond donors (Lipinski definition) is 1. The van der Waals surface area contributed by atoms with Crippen molar-refractivity contribution in [1.29, 1.82) is 0 Å². The molecule has 0 bridgehead atoms. The fourth-order valence-electron chi connectivity index (χ4n) is 2.59. The number of nitrogens with zero attached hydrogens (tertiary/aromatic N) is 2. The van der Waals surface area contributed by atoms with E-state index >= 15 is 0 Å². The van der Waals surface area contributed by atoms with Gasteiger partial charge in [-0.25, -0.2) is 0 Å². The van der Waals surface area contributed by atoms with E-state index in [0.717, 1.165) is 5.56 Å². The van der Waals surface area contributed by atoms with Crippen LogP contribution in [0.5, 0.6) is 0 Å². The molecular weight excluding hydrogens is 320 g/mol. The number of carboxylic acid groups (broad SMARTS) is 1. The number of aliphatic carboxylic acids is 1. The zero-order valence-corrected chi connectivity index (χ0v) is 13.2. The smallest absolute Gasteiger partial charge is 0.308 e. The molecule has 2 aromatic rings.